The first-order chi connectivity index (χ1) is 13.5. The first-order valence-electron chi connectivity index (χ1n) is 9.58. The Morgan fingerprint density at radius 2 is 2.00 bits per heavy atom. The molecule has 146 valence electrons. The number of hydrogen-bond acceptors (Lipinski definition) is 5. The Balaban J connectivity index is 1.46. The fraction of sp³-hybridized carbons (Fsp3) is 0.364. The van der Waals surface area contributed by atoms with Gasteiger partial charge < -0.3 is 18.5 Å². The SMILES string of the molecule is CCc1cc(=O)oc2cc(OCC(=O)N(Cc3ccc(C)o3)C3CC3)ccc12. The number of ether oxygens (including phenoxy) is 1. The first kappa shape index (κ1) is 18.3. The van der Waals surface area contributed by atoms with Crippen molar-refractivity contribution in [2.24, 2.45) is 0 Å². The lowest BCUT2D eigenvalue weighted by Gasteiger charge is -2.21. The van der Waals surface area contributed by atoms with Gasteiger partial charge in [-0.3, -0.25) is 4.79 Å². The van der Waals surface area contributed by atoms with Gasteiger partial charge in [-0.05, 0) is 56.0 Å². The van der Waals surface area contributed by atoms with Crippen molar-refractivity contribution in [3.63, 3.8) is 0 Å². The standard InChI is InChI=1S/C22H23NO5/c1-3-15-10-22(25)28-20-11-17(8-9-19(15)20)26-13-21(24)23(16-5-6-16)12-18-7-4-14(2)27-18/h4,7-11,16H,3,5-6,12-13H2,1-2H3. The van der Waals surface area contributed by atoms with Gasteiger partial charge in [-0.25, -0.2) is 4.79 Å². The van der Waals surface area contributed by atoms with Crippen LogP contribution in [-0.4, -0.2) is 23.5 Å². The van der Waals surface area contributed by atoms with Gasteiger partial charge in [0, 0.05) is 23.6 Å². The lowest BCUT2D eigenvalue weighted by molar-refractivity contribution is -0.134. The smallest absolute Gasteiger partial charge is 0.336 e. The molecule has 4 rings (SSSR count). The number of nitrogens with zero attached hydrogens (tertiary/aromatic N) is 1. The number of aryl methyl sites for hydroxylation is 2. The number of benzene rings is 1. The predicted octanol–water partition coefficient (Wildman–Crippen LogP) is 3.83. The second-order valence-corrected chi connectivity index (χ2v) is 7.16. The third kappa shape index (κ3) is 3.96. The van der Waals surface area contributed by atoms with E-state index in [1.54, 1.807) is 12.1 Å². The lowest BCUT2D eigenvalue weighted by Crippen LogP contribution is -2.36. The van der Waals surface area contributed by atoms with Gasteiger partial charge >= 0.3 is 5.63 Å². The zero-order chi connectivity index (χ0) is 19.7. The van der Waals surface area contributed by atoms with Crippen LogP contribution in [0.1, 0.15) is 36.8 Å². The van der Waals surface area contributed by atoms with E-state index in [-0.39, 0.29) is 24.2 Å². The van der Waals surface area contributed by atoms with Crippen LogP contribution in [-0.2, 0) is 17.8 Å². The fourth-order valence-electron chi connectivity index (χ4n) is 3.37. The Morgan fingerprint density at radius 1 is 1.18 bits per heavy atom. The summed E-state index contributed by atoms with van der Waals surface area (Å²) in [5.74, 6) is 2.03. The van der Waals surface area contributed by atoms with Gasteiger partial charge in [-0.1, -0.05) is 6.92 Å². The van der Waals surface area contributed by atoms with E-state index >= 15 is 0 Å². The molecule has 2 aromatic heterocycles. The molecule has 0 bridgehead atoms. The summed E-state index contributed by atoms with van der Waals surface area (Å²) in [6.07, 6.45) is 2.75. The summed E-state index contributed by atoms with van der Waals surface area (Å²) < 4.78 is 16.6. The van der Waals surface area contributed by atoms with E-state index in [1.165, 1.54) is 6.07 Å². The molecule has 0 N–H and O–H groups in total. The van der Waals surface area contributed by atoms with Gasteiger partial charge in [-0.2, -0.15) is 0 Å². The first-order valence-corrected chi connectivity index (χ1v) is 9.58. The molecule has 1 aliphatic carbocycles. The number of amides is 1. The monoisotopic (exact) mass is 381 g/mol. The van der Waals surface area contributed by atoms with Gasteiger partial charge in [0.15, 0.2) is 6.61 Å². The Labute approximate surface area is 162 Å². The topological polar surface area (TPSA) is 72.9 Å². The molecule has 1 fully saturated rings. The minimum atomic E-state index is -0.383. The van der Waals surface area contributed by atoms with Crippen molar-refractivity contribution in [3.8, 4) is 5.75 Å². The summed E-state index contributed by atoms with van der Waals surface area (Å²) in [6.45, 7) is 4.26. The van der Waals surface area contributed by atoms with Crippen molar-refractivity contribution in [2.75, 3.05) is 6.61 Å². The van der Waals surface area contributed by atoms with Gasteiger partial charge in [0.05, 0.1) is 6.54 Å². The Bertz CT molecular complexity index is 1060. The number of hydrogen-bond donors (Lipinski definition) is 0. The van der Waals surface area contributed by atoms with E-state index in [9.17, 15) is 9.59 Å². The number of furan rings is 1. The molecular formula is C22H23NO5. The molecule has 2 heterocycles. The quantitative estimate of drug-likeness (QED) is 0.582. The molecule has 1 amide bonds. The Kier molecular flexibility index (Phi) is 4.94. The highest BCUT2D eigenvalue weighted by molar-refractivity contribution is 5.82. The summed E-state index contributed by atoms with van der Waals surface area (Å²) in [6, 6.07) is 10.9. The molecular weight excluding hydrogens is 358 g/mol. The van der Waals surface area contributed by atoms with E-state index in [4.69, 9.17) is 13.6 Å². The second-order valence-electron chi connectivity index (χ2n) is 7.16. The van der Waals surface area contributed by atoms with E-state index in [1.807, 2.05) is 36.9 Å². The molecule has 0 aliphatic heterocycles. The van der Waals surface area contributed by atoms with Crippen LogP contribution in [0.4, 0.5) is 0 Å². The minimum Gasteiger partial charge on any atom is -0.484 e. The third-order valence-corrected chi connectivity index (χ3v) is 4.98. The summed E-state index contributed by atoms with van der Waals surface area (Å²) >= 11 is 0. The molecule has 0 radical (unpaired) electrons. The van der Waals surface area contributed by atoms with Gasteiger partial charge in [0.1, 0.15) is 22.9 Å². The molecule has 0 spiro atoms. The summed E-state index contributed by atoms with van der Waals surface area (Å²) in [5, 5.41) is 0.883. The molecule has 0 unspecified atom stereocenters. The van der Waals surface area contributed by atoms with Crippen molar-refractivity contribution < 1.29 is 18.4 Å². The fourth-order valence-corrected chi connectivity index (χ4v) is 3.37. The zero-order valence-corrected chi connectivity index (χ0v) is 16.1. The molecule has 1 saturated carbocycles. The maximum absolute atomic E-state index is 12.7. The number of fused-ring (bicyclic) bond motifs is 1. The van der Waals surface area contributed by atoms with E-state index in [2.05, 4.69) is 0 Å². The lowest BCUT2D eigenvalue weighted by atomic mass is 10.1. The van der Waals surface area contributed by atoms with E-state index in [0.29, 0.717) is 17.9 Å². The van der Waals surface area contributed by atoms with Gasteiger partial charge in [0.25, 0.3) is 5.91 Å². The van der Waals surface area contributed by atoms with Crippen LogP contribution in [0.3, 0.4) is 0 Å². The van der Waals surface area contributed by atoms with Gasteiger partial charge in [0.2, 0.25) is 0 Å². The van der Waals surface area contributed by atoms with Crippen LogP contribution in [0.15, 0.2) is 50.0 Å². The average Bonchev–Trinajstić information content (AvgIpc) is 3.44. The highest BCUT2D eigenvalue weighted by Crippen LogP contribution is 2.29. The summed E-state index contributed by atoms with van der Waals surface area (Å²) in [7, 11) is 0. The third-order valence-electron chi connectivity index (χ3n) is 4.98. The van der Waals surface area contributed by atoms with Crippen molar-refractivity contribution >= 4 is 16.9 Å². The number of carbonyl (C=O) groups excluding carboxylic acids is 1. The highest BCUT2D eigenvalue weighted by atomic mass is 16.5. The van der Waals surface area contributed by atoms with Crippen LogP contribution in [0.5, 0.6) is 5.75 Å². The van der Waals surface area contributed by atoms with Crippen LogP contribution < -0.4 is 10.4 Å². The van der Waals surface area contributed by atoms with Crippen LogP contribution >= 0.6 is 0 Å². The van der Waals surface area contributed by atoms with Crippen molar-refractivity contribution in [3.05, 3.63) is 63.9 Å². The maximum Gasteiger partial charge on any atom is 0.336 e. The molecule has 3 aromatic rings. The van der Waals surface area contributed by atoms with Crippen LogP contribution in [0.2, 0.25) is 0 Å². The van der Waals surface area contributed by atoms with E-state index < -0.39 is 0 Å². The molecule has 1 aromatic carbocycles. The highest BCUT2D eigenvalue weighted by Gasteiger charge is 2.33. The Morgan fingerprint density at radius 3 is 2.68 bits per heavy atom. The zero-order valence-electron chi connectivity index (χ0n) is 16.1. The molecule has 6 heteroatoms. The normalized spacial score (nSPS) is 13.6. The van der Waals surface area contributed by atoms with Crippen molar-refractivity contribution in [1.82, 2.24) is 4.90 Å². The van der Waals surface area contributed by atoms with Crippen molar-refractivity contribution in [1.29, 1.82) is 0 Å². The predicted molar refractivity (Wildman–Crippen MR) is 104 cm³/mol. The summed E-state index contributed by atoms with van der Waals surface area (Å²) in [4.78, 5) is 26.2. The molecule has 1 aliphatic rings. The molecule has 28 heavy (non-hydrogen) atoms. The summed E-state index contributed by atoms with van der Waals surface area (Å²) in [5.41, 5.74) is 1.02. The van der Waals surface area contributed by atoms with Gasteiger partial charge in [-0.15, -0.1) is 0 Å². The second kappa shape index (κ2) is 7.54. The number of rotatable bonds is 7. The van der Waals surface area contributed by atoms with Crippen LogP contribution in [0.25, 0.3) is 11.0 Å². The maximum atomic E-state index is 12.7. The number of carbonyl (C=O) groups is 1. The molecule has 0 saturated heterocycles. The molecule has 0 atom stereocenters. The largest absolute Gasteiger partial charge is 0.484 e. The Hall–Kier alpha value is -3.02. The minimum absolute atomic E-state index is 0.0700. The molecule has 6 nitrogen and oxygen atoms in total. The van der Waals surface area contributed by atoms with Crippen LogP contribution in [0, 0.1) is 6.92 Å². The van der Waals surface area contributed by atoms with Crippen molar-refractivity contribution in [2.45, 2.75) is 45.7 Å². The van der Waals surface area contributed by atoms with E-state index in [0.717, 1.165) is 41.7 Å². The average molecular weight is 381 g/mol.